The van der Waals surface area contributed by atoms with Gasteiger partial charge in [0, 0.05) is 21.5 Å². The lowest BCUT2D eigenvalue weighted by atomic mass is 10.1. The van der Waals surface area contributed by atoms with Crippen LogP contribution in [-0.4, -0.2) is 16.7 Å². The number of hydrogen-bond donors (Lipinski definition) is 1. The van der Waals surface area contributed by atoms with Crippen LogP contribution in [0.15, 0.2) is 29.6 Å². The molecule has 0 aliphatic heterocycles. The van der Waals surface area contributed by atoms with E-state index in [1.807, 2.05) is 29.6 Å². The monoisotopic (exact) mass is 327 g/mol. The molecule has 2 heterocycles. The minimum absolute atomic E-state index is 0.0564. The van der Waals surface area contributed by atoms with Crippen molar-refractivity contribution in [2.24, 2.45) is 0 Å². The first kappa shape index (κ1) is 15.5. The fraction of sp³-hybridized carbons (Fsp3) is 0.222. The lowest BCUT2D eigenvalue weighted by Crippen LogP contribution is -2.07. The van der Waals surface area contributed by atoms with Gasteiger partial charge in [0.15, 0.2) is 5.78 Å². The molecule has 2 aromatic heterocycles. The van der Waals surface area contributed by atoms with Gasteiger partial charge in [-0.3, -0.25) is 4.79 Å². The van der Waals surface area contributed by atoms with Crippen LogP contribution in [0, 0.1) is 13.8 Å². The summed E-state index contributed by atoms with van der Waals surface area (Å²) >= 11 is 1.63. The smallest absolute Gasteiger partial charge is 0.355 e. The number of H-pyrrole nitrogens is 1. The van der Waals surface area contributed by atoms with Crippen LogP contribution in [0.3, 0.4) is 0 Å². The number of ketones is 1. The lowest BCUT2D eigenvalue weighted by molar-refractivity contribution is 0.0467. The summed E-state index contributed by atoms with van der Waals surface area (Å²) in [7, 11) is 0. The normalized spacial score (nSPS) is 10.9. The summed E-state index contributed by atoms with van der Waals surface area (Å²) in [5.41, 5.74) is 3.26. The van der Waals surface area contributed by atoms with E-state index in [1.54, 1.807) is 25.2 Å². The molecule has 0 aliphatic rings. The zero-order valence-electron chi connectivity index (χ0n) is 13.2. The summed E-state index contributed by atoms with van der Waals surface area (Å²) in [6.07, 6.45) is 0. The average Bonchev–Trinajstić information content (AvgIpc) is 3.05. The predicted octanol–water partition coefficient (Wildman–Crippen LogP) is 4.41. The van der Waals surface area contributed by atoms with Crippen molar-refractivity contribution >= 4 is 33.2 Å². The lowest BCUT2D eigenvalue weighted by Gasteiger charge is -2.04. The Morgan fingerprint density at radius 3 is 2.65 bits per heavy atom. The molecule has 1 N–H and O–H groups in total. The van der Waals surface area contributed by atoms with Gasteiger partial charge >= 0.3 is 5.97 Å². The van der Waals surface area contributed by atoms with Gasteiger partial charge in [-0.05, 0) is 43.2 Å². The molecule has 0 spiro atoms. The van der Waals surface area contributed by atoms with Crippen LogP contribution in [-0.2, 0) is 11.3 Å². The van der Waals surface area contributed by atoms with Gasteiger partial charge in [0.25, 0.3) is 0 Å². The number of thiophene rings is 1. The van der Waals surface area contributed by atoms with E-state index in [9.17, 15) is 9.59 Å². The number of esters is 1. The van der Waals surface area contributed by atoms with Crippen molar-refractivity contribution in [1.82, 2.24) is 4.98 Å². The number of benzene rings is 1. The molecular formula is C18H17NO3S. The van der Waals surface area contributed by atoms with Gasteiger partial charge in [-0.15, -0.1) is 11.3 Å². The first-order chi connectivity index (χ1) is 11.0. The minimum Gasteiger partial charge on any atom is -0.456 e. The zero-order valence-corrected chi connectivity index (χ0v) is 14.0. The summed E-state index contributed by atoms with van der Waals surface area (Å²) in [5, 5.41) is 3.11. The summed E-state index contributed by atoms with van der Waals surface area (Å²) in [4.78, 5) is 26.9. The maximum Gasteiger partial charge on any atom is 0.355 e. The highest BCUT2D eigenvalue weighted by Crippen LogP contribution is 2.26. The standard InChI is InChI=1S/C18H17NO3S/c1-10-16(12(3)20)11(2)19-17(10)18(21)22-8-13-9-23-15-7-5-4-6-14(13)15/h4-7,9,19H,8H2,1-3H3. The molecule has 0 aliphatic carbocycles. The molecule has 4 nitrogen and oxygen atoms in total. The van der Waals surface area contributed by atoms with Gasteiger partial charge in [-0.2, -0.15) is 0 Å². The summed E-state index contributed by atoms with van der Waals surface area (Å²) in [6, 6.07) is 8.02. The zero-order chi connectivity index (χ0) is 16.6. The van der Waals surface area contributed by atoms with E-state index >= 15 is 0 Å². The molecule has 0 radical (unpaired) electrons. The second kappa shape index (κ2) is 6.01. The predicted molar refractivity (Wildman–Crippen MR) is 91.2 cm³/mol. The first-order valence-electron chi connectivity index (χ1n) is 7.31. The quantitative estimate of drug-likeness (QED) is 0.570. The Hall–Kier alpha value is -2.40. The molecule has 3 aromatic rings. The third-order valence-electron chi connectivity index (χ3n) is 3.91. The van der Waals surface area contributed by atoms with Crippen molar-refractivity contribution in [3.05, 3.63) is 57.7 Å². The Morgan fingerprint density at radius 2 is 1.96 bits per heavy atom. The summed E-state index contributed by atoms with van der Waals surface area (Å²) in [6.45, 7) is 5.26. The first-order valence-corrected chi connectivity index (χ1v) is 8.19. The van der Waals surface area contributed by atoms with Crippen molar-refractivity contribution in [3.63, 3.8) is 0 Å². The Balaban J connectivity index is 1.80. The number of carbonyl (C=O) groups is 2. The van der Waals surface area contributed by atoms with Crippen LogP contribution < -0.4 is 0 Å². The van der Waals surface area contributed by atoms with Crippen LogP contribution in [0.1, 0.15) is 44.6 Å². The fourth-order valence-electron chi connectivity index (χ4n) is 2.84. The molecule has 1 aromatic carbocycles. The van der Waals surface area contributed by atoms with Gasteiger partial charge in [0.05, 0.1) is 0 Å². The molecule has 118 valence electrons. The fourth-order valence-corrected chi connectivity index (χ4v) is 3.79. The van der Waals surface area contributed by atoms with Crippen LogP contribution in [0.25, 0.3) is 10.1 Å². The number of carbonyl (C=O) groups excluding carboxylic acids is 2. The number of nitrogens with one attached hydrogen (secondary N) is 1. The van der Waals surface area contributed by atoms with Crippen LogP contribution >= 0.6 is 11.3 Å². The second-order valence-electron chi connectivity index (χ2n) is 5.51. The largest absolute Gasteiger partial charge is 0.456 e. The third-order valence-corrected chi connectivity index (χ3v) is 4.93. The molecule has 0 saturated heterocycles. The third kappa shape index (κ3) is 2.80. The summed E-state index contributed by atoms with van der Waals surface area (Å²) in [5.74, 6) is -0.493. The Labute approximate surface area is 138 Å². The van der Waals surface area contributed by atoms with E-state index < -0.39 is 5.97 Å². The molecule has 3 rings (SSSR count). The topological polar surface area (TPSA) is 59.2 Å². The highest BCUT2D eigenvalue weighted by Gasteiger charge is 2.21. The SMILES string of the molecule is CC(=O)c1c(C)[nH]c(C(=O)OCc2csc3ccccc23)c1C. The van der Waals surface area contributed by atoms with Crippen molar-refractivity contribution < 1.29 is 14.3 Å². The number of hydrogen-bond acceptors (Lipinski definition) is 4. The van der Waals surface area contributed by atoms with Crippen molar-refractivity contribution in [2.45, 2.75) is 27.4 Å². The van der Waals surface area contributed by atoms with E-state index in [-0.39, 0.29) is 12.4 Å². The minimum atomic E-state index is -0.437. The highest BCUT2D eigenvalue weighted by molar-refractivity contribution is 7.17. The van der Waals surface area contributed by atoms with Gasteiger partial charge < -0.3 is 9.72 Å². The highest BCUT2D eigenvalue weighted by atomic mass is 32.1. The van der Waals surface area contributed by atoms with Gasteiger partial charge in [-0.1, -0.05) is 18.2 Å². The Kier molecular flexibility index (Phi) is 4.05. The molecule has 23 heavy (non-hydrogen) atoms. The number of fused-ring (bicyclic) bond motifs is 1. The van der Waals surface area contributed by atoms with Crippen LogP contribution in [0.5, 0.6) is 0 Å². The number of aryl methyl sites for hydroxylation is 1. The molecule has 0 saturated carbocycles. The number of Topliss-reactive ketones (excluding diaryl/α,β-unsaturated/α-hetero) is 1. The second-order valence-corrected chi connectivity index (χ2v) is 6.43. The number of aromatic nitrogens is 1. The molecule has 5 heteroatoms. The maximum absolute atomic E-state index is 12.3. The van der Waals surface area contributed by atoms with Gasteiger partial charge in [0.1, 0.15) is 12.3 Å². The van der Waals surface area contributed by atoms with Crippen molar-refractivity contribution in [2.75, 3.05) is 0 Å². The molecule has 0 amide bonds. The molecule has 0 atom stereocenters. The van der Waals surface area contributed by atoms with Crippen LogP contribution in [0.4, 0.5) is 0 Å². The van der Waals surface area contributed by atoms with E-state index in [1.165, 1.54) is 11.6 Å². The summed E-state index contributed by atoms with van der Waals surface area (Å²) < 4.78 is 6.61. The number of rotatable bonds is 4. The maximum atomic E-state index is 12.3. The molecule has 0 bridgehead atoms. The molecule has 0 unspecified atom stereocenters. The van der Waals surface area contributed by atoms with Gasteiger partial charge in [0.2, 0.25) is 0 Å². The van der Waals surface area contributed by atoms with Crippen LogP contribution in [0.2, 0.25) is 0 Å². The van der Waals surface area contributed by atoms with Crippen molar-refractivity contribution in [1.29, 1.82) is 0 Å². The van der Waals surface area contributed by atoms with Gasteiger partial charge in [-0.25, -0.2) is 4.79 Å². The Bertz CT molecular complexity index is 904. The Morgan fingerprint density at radius 1 is 1.22 bits per heavy atom. The number of aromatic amines is 1. The average molecular weight is 327 g/mol. The number of ether oxygens (including phenoxy) is 1. The van der Waals surface area contributed by atoms with E-state index in [2.05, 4.69) is 4.98 Å². The van der Waals surface area contributed by atoms with E-state index in [0.29, 0.717) is 22.5 Å². The van der Waals surface area contributed by atoms with E-state index in [4.69, 9.17) is 4.74 Å². The molecular weight excluding hydrogens is 310 g/mol. The van der Waals surface area contributed by atoms with Crippen molar-refractivity contribution in [3.8, 4) is 0 Å². The molecule has 0 fully saturated rings. The van der Waals surface area contributed by atoms with E-state index in [0.717, 1.165) is 10.9 Å².